The standard InChI is InChI=1S/C43H47N7/c1-28-47-40(3,4)42(7,8)49(28)35-23-15-21-33(26-35)38-44-37(32-20-14-19-31(25-32)30-17-12-11-13-18-30)45-39(46-38)34-22-16-24-36(27-34)50-29(2)48-41(5,6)43(50,9)10/h11-27H,1-10H3. The average Bonchev–Trinajstić information content (AvgIpc) is 3.36. The number of hydrogen-bond donors (Lipinski definition) is 0. The lowest BCUT2D eigenvalue weighted by molar-refractivity contribution is 0.338. The smallest absolute Gasteiger partial charge is 0.164 e. The number of amidine groups is 2. The summed E-state index contributed by atoms with van der Waals surface area (Å²) in [5.41, 5.74) is 6.22. The molecule has 0 bridgehead atoms. The van der Waals surface area contributed by atoms with E-state index in [1.165, 1.54) is 0 Å². The minimum absolute atomic E-state index is 0.219. The van der Waals surface area contributed by atoms with E-state index in [1.54, 1.807) is 0 Å². The van der Waals surface area contributed by atoms with Gasteiger partial charge in [-0.3, -0.25) is 9.98 Å². The van der Waals surface area contributed by atoms with Crippen LogP contribution < -0.4 is 9.80 Å². The van der Waals surface area contributed by atoms with Gasteiger partial charge in [-0.05, 0) is 111 Å². The SMILES string of the molecule is CC1=NC(C)(C)C(C)(C)N1c1cccc(-c2nc(-c3cccc(-c4ccccc4)c3)nc(-c3cccc(N4C(C)=NC(C)(C)C4(C)C)c3)n2)c1. The highest BCUT2D eigenvalue weighted by Crippen LogP contribution is 2.43. The lowest BCUT2D eigenvalue weighted by Crippen LogP contribution is -2.53. The second kappa shape index (κ2) is 11.7. The molecule has 0 spiro atoms. The molecule has 3 heterocycles. The highest BCUT2D eigenvalue weighted by Gasteiger charge is 2.49. The summed E-state index contributed by atoms with van der Waals surface area (Å²) >= 11 is 0. The summed E-state index contributed by atoms with van der Waals surface area (Å²) in [7, 11) is 0. The van der Waals surface area contributed by atoms with Gasteiger partial charge < -0.3 is 9.80 Å². The van der Waals surface area contributed by atoms with E-state index in [0.29, 0.717) is 17.5 Å². The second-order valence-corrected chi connectivity index (χ2v) is 15.6. The van der Waals surface area contributed by atoms with Crippen LogP contribution in [0.3, 0.4) is 0 Å². The van der Waals surface area contributed by atoms with Crippen LogP contribution >= 0.6 is 0 Å². The molecule has 0 amide bonds. The molecular weight excluding hydrogens is 615 g/mol. The van der Waals surface area contributed by atoms with Crippen molar-refractivity contribution in [2.75, 3.05) is 9.80 Å². The maximum atomic E-state index is 5.16. The quantitative estimate of drug-likeness (QED) is 0.181. The van der Waals surface area contributed by atoms with Gasteiger partial charge in [-0.2, -0.15) is 0 Å². The first kappa shape index (κ1) is 33.3. The predicted molar refractivity (Wildman–Crippen MR) is 209 cm³/mol. The third kappa shape index (κ3) is 5.49. The van der Waals surface area contributed by atoms with Gasteiger partial charge in [-0.1, -0.05) is 72.8 Å². The van der Waals surface area contributed by atoms with E-state index in [1.807, 2.05) is 6.07 Å². The van der Waals surface area contributed by atoms with E-state index in [-0.39, 0.29) is 22.2 Å². The number of rotatable bonds is 6. The fourth-order valence-electron chi connectivity index (χ4n) is 7.36. The van der Waals surface area contributed by atoms with E-state index in [9.17, 15) is 0 Å². The lowest BCUT2D eigenvalue weighted by atomic mass is 9.83. The van der Waals surface area contributed by atoms with Crippen molar-refractivity contribution >= 4 is 23.0 Å². The third-order valence-electron chi connectivity index (χ3n) is 11.2. The molecule has 2 aliphatic heterocycles. The van der Waals surface area contributed by atoms with Crippen molar-refractivity contribution in [1.29, 1.82) is 0 Å². The van der Waals surface area contributed by atoms with E-state index in [0.717, 1.165) is 50.9 Å². The second-order valence-electron chi connectivity index (χ2n) is 15.6. The summed E-state index contributed by atoms with van der Waals surface area (Å²) in [5.74, 6) is 3.85. The number of anilines is 2. The summed E-state index contributed by atoms with van der Waals surface area (Å²) in [6.45, 7) is 22.0. The minimum Gasteiger partial charge on any atom is -0.322 e. The Balaban J connectivity index is 1.37. The lowest BCUT2D eigenvalue weighted by Gasteiger charge is -2.41. The average molecular weight is 662 g/mol. The highest BCUT2D eigenvalue weighted by molar-refractivity contribution is 6.01. The molecule has 0 atom stereocenters. The van der Waals surface area contributed by atoms with Crippen LogP contribution in [0.4, 0.5) is 11.4 Å². The van der Waals surface area contributed by atoms with Crippen LogP contribution in [0, 0.1) is 0 Å². The zero-order valence-electron chi connectivity index (χ0n) is 30.9. The van der Waals surface area contributed by atoms with Crippen LogP contribution in [0.1, 0.15) is 69.2 Å². The number of aromatic nitrogens is 3. The van der Waals surface area contributed by atoms with Gasteiger partial charge >= 0.3 is 0 Å². The molecule has 7 nitrogen and oxygen atoms in total. The molecule has 4 aromatic carbocycles. The van der Waals surface area contributed by atoms with Gasteiger partial charge in [0.05, 0.1) is 22.2 Å². The molecule has 7 rings (SSSR count). The highest BCUT2D eigenvalue weighted by atomic mass is 15.3. The molecule has 50 heavy (non-hydrogen) atoms. The van der Waals surface area contributed by atoms with Crippen LogP contribution in [0.15, 0.2) is 113 Å². The zero-order valence-corrected chi connectivity index (χ0v) is 30.9. The summed E-state index contributed by atoms with van der Waals surface area (Å²) in [4.78, 5) is 30.2. The normalized spacial score (nSPS) is 18.6. The van der Waals surface area contributed by atoms with Gasteiger partial charge in [0.15, 0.2) is 17.5 Å². The third-order valence-corrected chi connectivity index (χ3v) is 11.2. The van der Waals surface area contributed by atoms with Crippen LogP contribution in [-0.2, 0) is 0 Å². The van der Waals surface area contributed by atoms with Gasteiger partial charge in [0, 0.05) is 28.1 Å². The Morgan fingerprint density at radius 1 is 0.400 bits per heavy atom. The Kier molecular flexibility index (Phi) is 7.81. The summed E-state index contributed by atoms with van der Waals surface area (Å²) in [6.07, 6.45) is 0. The van der Waals surface area contributed by atoms with Crippen molar-refractivity contribution in [3.8, 4) is 45.3 Å². The molecule has 7 heteroatoms. The molecule has 0 N–H and O–H groups in total. The molecule has 0 fully saturated rings. The number of nitrogens with zero attached hydrogens (tertiary/aromatic N) is 7. The van der Waals surface area contributed by atoms with Gasteiger partial charge in [0.1, 0.15) is 11.7 Å². The summed E-state index contributed by atoms with van der Waals surface area (Å²) in [6, 6.07) is 35.8. The van der Waals surface area contributed by atoms with E-state index < -0.39 is 0 Å². The molecule has 0 unspecified atom stereocenters. The number of benzene rings is 4. The maximum Gasteiger partial charge on any atom is 0.164 e. The fraction of sp³-hybridized carbons (Fsp3) is 0.326. The minimum atomic E-state index is -0.239. The van der Waals surface area contributed by atoms with Crippen LogP contribution in [0.2, 0.25) is 0 Å². The van der Waals surface area contributed by atoms with Crippen molar-refractivity contribution in [2.45, 2.75) is 91.4 Å². The van der Waals surface area contributed by atoms with Gasteiger partial charge in [-0.15, -0.1) is 0 Å². The van der Waals surface area contributed by atoms with Crippen molar-refractivity contribution in [3.63, 3.8) is 0 Å². The van der Waals surface area contributed by atoms with E-state index >= 15 is 0 Å². The first-order valence-electron chi connectivity index (χ1n) is 17.5. The number of aliphatic imine (C=N–C) groups is 2. The van der Waals surface area contributed by atoms with Crippen LogP contribution in [0.5, 0.6) is 0 Å². The van der Waals surface area contributed by atoms with Crippen molar-refractivity contribution < 1.29 is 0 Å². The first-order chi connectivity index (χ1) is 23.6. The first-order valence-corrected chi connectivity index (χ1v) is 17.5. The molecule has 0 radical (unpaired) electrons. The molecular formula is C43H47N7. The zero-order chi connectivity index (χ0) is 35.6. The fourth-order valence-corrected chi connectivity index (χ4v) is 7.36. The number of hydrogen-bond acceptors (Lipinski definition) is 7. The van der Waals surface area contributed by atoms with Crippen molar-refractivity contribution in [2.24, 2.45) is 9.98 Å². The topological polar surface area (TPSA) is 69.9 Å². The summed E-state index contributed by atoms with van der Waals surface area (Å²) < 4.78 is 0. The Labute approximate surface area is 296 Å². The van der Waals surface area contributed by atoms with Crippen molar-refractivity contribution in [3.05, 3.63) is 103 Å². The molecule has 2 aliphatic rings. The van der Waals surface area contributed by atoms with Gasteiger partial charge in [0.2, 0.25) is 0 Å². The maximum absolute atomic E-state index is 5.16. The molecule has 1 aromatic heterocycles. The van der Waals surface area contributed by atoms with Crippen LogP contribution in [0.25, 0.3) is 45.3 Å². The van der Waals surface area contributed by atoms with E-state index in [2.05, 4.69) is 176 Å². The van der Waals surface area contributed by atoms with Gasteiger partial charge in [0.25, 0.3) is 0 Å². The summed E-state index contributed by atoms with van der Waals surface area (Å²) in [5, 5.41) is 0. The molecule has 0 saturated heterocycles. The molecule has 0 saturated carbocycles. The van der Waals surface area contributed by atoms with Gasteiger partial charge in [-0.25, -0.2) is 15.0 Å². The Morgan fingerprint density at radius 3 is 1.16 bits per heavy atom. The Morgan fingerprint density at radius 2 is 0.760 bits per heavy atom. The Hall–Kier alpha value is -5.17. The molecule has 5 aromatic rings. The predicted octanol–water partition coefficient (Wildman–Crippen LogP) is 10.1. The van der Waals surface area contributed by atoms with Crippen LogP contribution in [-0.4, -0.2) is 48.8 Å². The van der Waals surface area contributed by atoms with E-state index in [4.69, 9.17) is 24.9 Å². The Bertz CT molecular complexity index is 2050. The van der Waals surface area contributed by atoms with Crippen molar-refractivity contribution in [1.82, 2.24) is 15.0 Å². The monoisotopic (exact) mass is 661 g/mol. The molecule has 254 valence electrons. The molecule has 0 aliphatic carbocycles. The largest absolute Gasteiger partial charge is 0.322 e.